The van der Waals surface area contributed by atoms with Crippen LogP contribution in [0.1, 0.15) is 42.5 Å². The van der Waals surface area contributed by atoms with Crippen molar-refractivity contribution in [3.8, 4) is 11.5 Å². The molecule has 8 nitrogen and oxygen atoms in total. The van der Waals surface area contributed by atoms with Crippen LogP contribution in [0.3, 0.4) is 0 Å². The van der Waals surface area contributed by atoms with Crippen molar-refractivity contribution in [3.05, 3.63) is 22.7 Å². The van der Waals surface area contributed by atoms with Gasteiger partial charge in [-0.1, -0.05) is 30.9 Å². The number of hydrogen-bond acceptors (Lipinski definition) is 6. The first-order valence-corrected chi connectivity index (χ1v) is 8.77. The normalized spacial score (nSPS) is 16.0. The zero-order chi connectivity index (χ0) is 18.5. The quantitative estimate of drug-likeness (QED) is 0.775. The monoisotopic (exact) mass is 382 g/mol. The molecule has 140 valence electrons. The number of fused-ring (bicyclic) bond motifs is 1. The van der Waals surface area contributed by atoms with E-state index in [9.17, 15) is 14.4 Å². The lowest BCUT2D eigenvalue weighted by Crippen LogP contribution is -2.46. The molecule has 0 atom stereocenters. The summed E-state index contributed by atoms with van der Waals surface area (Å²) in [4.78, 5) is 35.6. The molecule has 0 unspecified atom stereocenters. The third-order valence-electron chi connectivity index (χ3n) is 4.19. The highest BCUT2D eigenvalue weighted by Gasteiger charge is 2.22. The first-order chi connectivity index (χ1) is 12.5. The second-order valence-electron chi connectivity index (χ2n) is 6.12. The highest BCUT2D eigenvalue weighted by atomic mass is 35.5. The van der Waals surface area contributed by atoms with Crippen molar-refractivity contribution in [3.63, 3.8) is 0 Å². The Morgan fingerprint density at radius 3 is 2.69 bits per heavy atom. The van der Waals surface area contributed by atoms with Crippen molar-refractivity contribution < 1.29 is 28.6 Å². The maximum Gasteiger partial charge on any atom is 0.338 e. The van der Waals surface area contributed by atoms with Crippen molar-refractivity contribution in [1.29, 1.82) is 0 Å². The molecule has 0 bridgehead atoms. The van der Waals surface area contributed by atoms with Crippen molar-refractivity contribution in [2.75, 3.05) is 13.4 Å². The summed E-state index contributed by atoms with van der Waals surface area (Å²) in [6.07, 6.45) is 5.10. The molecular weight excluding hydrogens is 364 g/mol. The fourth-order valence-corrected chi connectivity index (χ4v) is 3.20. The van der Waals surface area contributed by atoms with Crippen LogP contribution in [0.2, 0.25) is 5.02 Å². The van der Waals surface area contributed by atoms with Crippen LogP contribution in [0.15, 0.2) is 12.1 Å². The number of benzene rings is 1. The molecule has 26 heavy (non-hydrogen) atoms. The van der Waals surface area contributed by atoms with Gasteiger partial charge < -0.3 is 19.5 Å². The Balaban J connectivity index is 1.46. The smallest absolute Gasteiger partial charge is 0.338 e. The van der Waals surface area contributed by atoms with Gasteiger partial charge in [-0.3, -0.25) is 10.1 Å². The fraction of sp³-hybridized carbons (Fsp3) is 0.471. The number of rotatable bonds is 4. The highest BCUT2D eigenvalue weighted by Crippen LogP contribution is 2.39. The Hall–Kier alpha value is -2.48. The molecule has 3 rings (SSSR count). The summed E-state index contributed by atoms with van der Waals surface area (Å²) in [5.74, 6) is -0.771. The largest absolute Gasteiger partial charge is 0.454 e. The number of hydrogen-bond donors (Lipinski definition) is 2. The molecule has 3 amide bonds. The molecule has 0 radical (unpaired) electrons. The molecule has 0 aromatic heterocycles. The Bertz CT molecular complexity index is 717. The van der Waals surface area contributed by atoms with Gasteiger partial charge in [0.25, 0.3) is 5.91 Å². The third kappa shape index (κ3) is 4.57. The molecule has 2 aliphatic rings. The Labute approximate surface area is 155 Å². The predicted octanol–water partition coefficient (Wildman–Crippen LogP) is 2.38. The number of halogens is 1. The van der Waals surface area contributed by atoms with Gasteiger partial charge in [0.05, 0.1) is 10.6 Å². The lowest BCUT2D eigenvalue weighted by Gasteiger charge is -2.22. The van der Waals surface area contributed by atoms with E-state index in [0.717, 1.165) is 25.7 Å². The van der Waals surface area contributed by atoms with E-state index in [2.05, 4.69) is 10.6 Å². The van der Waals surface area contributed by atoms with E-state index in [1.165, 1.54) is 18.6 Å². The van der Waals surface area contributed by atoms with Gasteiger partial charge in [0.2, 0.25) is 6.79 Å². The minimum absolute atomic E-state index is 0.0199. The molecule has 1 aliphatic heterocycles. The number of urea groups is 1. The zero-order valence-corrected chi connectivity index (χ0v) is 14.8. The average molecular weight is 383 g/mol. The van der Waals surface area contributed by atoms with Crippen LogP contribution in [0, 0.1) is 0 Å². The summed E-state index contributed by atoms with van der Waals surface area (Å²) in [7, 11) is 0. The van der Waals surface area contributed by atoms with E-state index in [-0.39, 0.29) is 23.4 Å². The maximum absolute atomic E-state index is 12.0. The van der Waals surface area contributed by atoms with Gasteiger partial charge in [-0.05, 0) is 25.0 Å². The van der Waals surface area contributed by atoms with Crippen LogP contribution in [0.5, 0.6) is 11.5 Å². The predicted molar refractivity (Wildman–Crippen MR) is 91.4 cm³/mol. The number of carbonyl (C=O) groups excluding carboxylic acids is 3. The zero-order valence-electron chi connectivity index (χ0n) is 14.0. The number of esters is 1. The standard InChI is InChI=1S/C17H19ClN2O6/c18-12-6-10(7-13-15(12)26-9-25-13)16(22)24-8-14(21)20-17(23)19-11-4-2-1-3-5-11/h6-7,11H,1-5,8-9H2,(H2,19,20,21,23). The second kappa shape index (κ2) is 8.27. The van der Waals surface area contributed by atoms with Crippen LogP contribution in [0.25, 0.3) is 0 Å². The molecule has 9 heteroatoms. The lowest BCUT2D eigenvalue weighted by atomic mass is 9.96. The highest BCUT2D eigenvalue weighted by molar-refractivity contribution is 6.32. The van der Waals surface area contributed by atoms with Gasteiger partial charge in [0.15, 0.2) is 18.1 Å². The number of carbonyl (C=O) groups is 3. The van der Waals surface area contributed by atoms with E-state index >= 15 is 0 Å². The van der Waals surface area contributed by atoms with Gasteiger partial charge in [0.1, 0.15) is 0 Å². The van der Waals surface area contributed by atoms with Crippen molar-refractivity contribution in [2.24, 2.45) is 0 Å². The SMILES string of the molecule is O=C(COC(=O)c1cc(Cl)c2c(c1)OCO2)NC(=O)NC1CCCCC1. The van der Waals surface area contributed by atoms with Crippen LogP contribution >= 0.6 is 11.6 Å². The summed E-state index contributed by atoms with van der Waals surface area (Å²) in [6, 6.07) is 2.29. The van der Waals surface area contributed by atoms with E-state index in [0.29, 0.717) is 11.5 Å². The van der Waals surface area contributed by atoms with E-state index in [4.69, 9.17) is 25.8 Å². The minimum Gasteiger partial charge on any atom is -0.454 e. The summed E-state index contributed by atoms with van der Waals surface area (Å²) < 4.78 is 15.2. The fourth-order valence-electron chi connectivity index (χ4n) is 2.93. The van der Waals surface area contributed by atoms with Crippen LogP contribution in [0.4, 0.5) is 4.79 Å². The Morgan fingerprint density at radius 2 is 1.92 bits per heavy atom. The van der Waals surface area contributed by atoms with Gasteiger partial charge in [-0.25, -0.2) is 9.59 Å². The Kier molecular flexibility index (Phi) is 5.82. The minimum atomic E-state index is -0.756. The first kappa shape index (κ1) is 18.3. The second-order valence-corrected chi connectivity index (χ2v) is 6.53. The van der Waals surface area contributed by atoms with E-state index in [1.54, 1.807) is 0 Å². The molecule has 1 aliphatic carbocycles. The molecule has 1 aromatic rings. The van der Waals surface area contributed by atoms with Gasteiger partial charge in [0, 0.05) is 6.04 Å². The van der Waals surface area contributed by atoms with Gasteiger partial charge >= 0.3 is 12.0 Å². The average Bonchev–Trinajstić information content (AvgIpc) is 3.09. The number of imide groups is 1. The van der Waals surface area contributed by atoms with E-state index in [1.807, 2.05) is 0 Å². The van der Waals surface area contributed by atoms with Crippen LogP contribution in [-0.4, -0.2) is 37.3 Å². The number of ether oxygens (including phenoxy) is 3. The van der Waals surface area contributed by atoms with Crippen LogP contribution in [-0.2, 0) is 9.53 Å². The summed E-state index contributed by atoms with van der Waals surface area (Å²) in [5, 5.41) is 5.11. The molecule has 0 spiro atoms. The third-order valence-corrected chi connectivity index (χ3v) is 4.47. The van der Waals surface area contributed by atoms with Crippen molar-refractivity contribution >= 4 is 29.5 Å². The van der Waals surface area contributed by atoms with Gasteiger partial charge in [-0.15, -0.1) is 0 Å². The first-order valence-electron chi connectivity index (χ1n) is 8.39. The molecule has 1 heterocycles. The maximum atomic E-state index is 12.0. The summed E-state index contributed by atoms with van der Waals surface area (Å²) in [5.41, 5.74) is 0.124. The van der Waals surface area contributed by atoms with Crippen molar-refractivity contribution in [2.45, 2.75) is 38.1 Å². The molecule has 2 N–H and O–H groups in total. The summed E-state index contributed by atoms with van der Waals surface area (Å²) >= 11 is 6.00. The van der Waals surface area contributed by atoms with Crippen molar-refractivity contribution in [1.82, 2.24) is 10.6 Å². The van der Waals surface area contributed by atoms with Crippen LogP contribution < -0.4 is 20.1 Å². The Morgan fingerprint density at radius 1 is 1.15 bits per heavy atom. The van der Waals surface area contributed by atoms with E-state index < -0.39 is 24.5 Å². The lowest BCUT2D eigenvalue weighted by molar-refractivity contribution is -0.123. The molecule has 1 fully saturated rings. The molecular formula is C17H19ClN2O6. The molecule has 0 saturated heterocycles. The number of nitrogens with one attached hydrogen (secondary N) is 2. The molecule has 1 aromatic carbocycles. The number of amides is 3. The van der Waals surface area contributed by atoms with Gasteiger partial charge in [-0.2, -0.15) is 0 Å². The topological polar surface area (TPSA) is 103 Å². The molecule has 1 saturated carbocycles. The summed E-state index contributed by atoms with van der Waals surface area (Å²) in [6.45, 7) is -0.560.